The third-order valence-corrected chi connectivity index (χ3v) is 4.75. The Morgan fingerprint density at radius 1 is 1.47 bits per heavy atom. The molecule has 1 saturated heterocycles. The monoisotopic (exact) mass is 282 g/mol. The largest absolute Gasteiger partial charge is 0.476 e. The molecule has 2 rings (SSSR count). The molecule has 19 heavy (non-hydrogen) atoms. The van der Waals surface area contributed by atoms with Crippen LogP contribution in [0.2, 0.25) is 0 Å². The summed E-state index contributed by atoms with van der Waals surface area (Å²) >= 11 is 1.57. The number of nitrogens with zero attached hydrogens (tertiary/aromatic N) is 2. The Bertz CT molecular complexity index is 437. The van der Waals surface area contributed by atoms with Crippen molar-refractivity contribution in [3.8, 4) is 0 Å². The number of thiazole rings is 1. The first kappa shape index (κ1) is 14.5. The second kappa shape index (κ2) is 6.48. The maximum absolute atomic E-state index is 11.3. The molecule has 1 aromatic heterocycles. The lowest BCUT2D eigenvalue weighted by atomic mass is 9.99. The molecule has 5 heteroatoms. The predicted molar refractivity (Wildman–Crippen MR) is 76.7 cm³/mol. The number of aromatic carboxylic acids is 1. The SMILES string of the molecule is CCCc1nc(C(=O)O)c(CN2CCC(C)CC2)s1. The fraction of sp³-hybridized carbons (Fsp3) is 0.714. The van der Waals surface area contributed by atoms with E-state index in [2.05, 4.69) is 23.7 Å². The Labute approximate surface area is 118 Å². The van der Waals surface area contributed by atoms with Crippen molar-refractivity contribution in [1.29, 1.82) is 0 Å². The first-order valence-corrected chi connectivity index (χ1v) is 7.86. The molecule has 0 radical (unpaired) electrons. The van der Waals surface area contributed by atoms with Crippen LogP contribution in [0.3, 0.4) is 0 Å². The van der Waals surface area contributed by atoms with Gasteiger partial charge in [0.1, 0.15) is 0 Å². The van der Waals surface area contributed by atoms with Crippen molar-refractivity contribution in [2.45, 2.75) is 46.1 Å². The number of piperidine rings is 1. The third-order valence-electron chi connectivity index (χ3n) is 3.65. The summed E-state index contributed by atoms with van der Waals surface area (Å²) < 4.78 is 0. The van der Waals surface area contributed by atoms with E-state index in [1.54, 1.807) is 11.3 Å². The van der Waals surface area contributed by atoms with Gasteiger partial charge in [0, 0.05) is 6.54 Å². The smallest absolute Gasteiger partial charge is 0.355 e. The molecule has 0 aliphatic carbocycles. The molecule has 1 aliphatic rings. The minimum Gasteiger partial charge on any atom is -0.476 e. The number of aryl methyl sites for hydroxylation is 1. The van der Waals surface area contributed by atoms with Gasteiger partial charge in [-0.25, -0.2) is 9.78 Å². The van der Waals surface area contributed by atoms with E-state index in [0.717, 1.165) is 48.3 Å². The number of aromatic nitrogens is 1. The molecule has 0 saturated carbocycles. The van der Waals surface area contributed by atoms with Gasteiger partial charge in [0.15, 0.2) is 5.69 Å². The normalized spacial score (nSPS) is 17.8. The Kier molecular flexibility index (Phi) is 4.93. The summed E-state index contributed by atoms with van der Waals surface area (Å²) in [4.78, 5) is 18.8. The lowest BCUT2D eigenvalue weighted by molar-refractivity contribution is 0.0688. The summed E-state index contributed by atoms with van der Waals surface area (Å²) in [6.07, 6.45) is 4.31. The van der Waals surface area contributed by atoms with Gasteiger partial charge in [-0.1, -0.05) is 13.8 Å². The van der Waals surface area contributed by atoms with E-state index < -0.39 is 5.97 Å². The number of carboxylic acids is 1. The second-order valence-electron chi connectivity index (χ2n) is 5.39. The van der Waals surface area contributed by atoms with Crippen LogP contribution in [0.15, 0.2) is 0 Å². The van der Waals surface area contributed by atoms with Crippen LogP contribution in [0.4, 0.5) is 0 Å². The van der Waals surface area contributed by atoms with E-state index in [9.17, 15) is 9.90 Å². The summed E-state index contributed by atoms with van der Waals surface area (Å²) in [5, 5.41) is 10.2. The maximum Gasteiger partial charge on any atom is 0.355 e. The van der Waals surface area contributed by atoms with Crippen LogP contribution in [0.25, 0.3) is 0 Å². The van der Waals surface area contributed by atoms with Crippen LogP contribution in [-0.4, -0.2) is 34.0 Å². The zero-order valence-corrected chi connectivity index (χ0v) is 12.5. The molecule has 0 aromatic carbocycles. The first-order valence-electron chi connectivity index (χ1n) is 7.04. The van der Waals surface area contributed by atoms with Crippen molar-refractivity contribution in [2.75, 3.05) is 13.1 Å². The summed E-state index contributed by atoms with van der Waals surface area (Å²) in [5.41, 5.74) is 0.270. The molecular formula is C14H22N2O2S. The minimum atomic E-state index is -0.890. The lowest BCUT2D eigenvalue weighted by Gasteiger charge is -2.29. The van der Waals surface area contributed by atoms with Crippen molar-refractivity contribution < 1.29 is 9.90 Å². The second-order valence-corrected chi connectivity index (χ2v) is 6.56. The highest BCUT2D eigenvalue weighted by molar-refractivity contribution is 7.11. The molecule has 4 nitrogen and oxygen atoms in total. The van der Waals surface area contributed by atoms with Gasteiger partial charge in [0.05, 0.1) is 9.88 Å². The van der Waals surface area contributed by atoms with Crippen molar-refractivity contribution >= 4 is 17.3 Å². The van der Waals surface area contributed by atoms with Crippen LogP contribution in [0.1, 0.15) is 53.5 Å². The fourth-order valence-corrected chi connectivity index (χ4v) is 3.62. The molecule has 1 fully saturated rings. The van der Waals surface area contributed by atoms with Gasteiger partial charge in [0.2, 0.25) is 0 Å². The lowest BCUT2D eigenvalue weighted by Crippen LogP contribution is -2.32. The molecule has 0 spiro atoms. The topological polar surface area (TPSA) is 53.4 Å². The maximum atomic E-state index is 11.3. The minimum absolute atomic E-state index is 0.270. The standard InChI is InChI=1S/C14H22N2O2S/c1-3-4-12-15-13(14(17)18)11(19-12)9-16-7-5-10(2)6-8-16/h10H,3-9H2,1-2H3,(H,17,18). The average Bonchev–Trinajstić information content (AvgIpc) is 2.76. The highest BCUT2D eigenvalue weighted by atomic mass is 32.1. The summed E-state index contributed by atoms with van der Waals surface area (Å²) in [7, 11) is 0. The molecule has 106 valence electrons. The van der Waals surface area contributed by atoms with Crippen LogP contribution < -0.4 is 0 Å². The molecule has 1 N–H and O–H groups in total. The highest BCUT2D eigenvalue weighted by Crippen LogP contribution is 2.24. The van der Waals surface area contributed by atoms with Crippen molar-refractivity contribution in [3.05, 3.63) is 15.6 Å². The Morgan fingerprint density at radius 3 is 2.74 bits per heavy atom. The average molecular weight is 282 g/mol. The van der Waals surface area contributed by atoms with E-state index in [-0.39, 0.29) is 5.69 Å². The van der Waals surface area contributed by atoms with Gasteiger partial charge in [0.25, 0.3) is 0 Å². The van der Waals surface area contributed by atoms with Gasteiger partial charge < -0.3 is 5.11 Å². The third kappa shape index (κ3) is 3.76. The van der Waals surface area contributed by atoms with Crippen LogP contribution in [0, 0.1) is 5.92 Å². The van der Waals surface area contributed by atoms with Crippen LogP contribution >= 0.6 is 11.3 Å². The molecule has 1 aromatic rings. The zero-order chi connectivity index (χ0) is 13.8. The van der Waals surface area contributed by atoms with Gasteiger partial charge in [-0.3, -0.25) is 4.90 Å². The zero-order valence-electron chi connectivity index (χ0n) is 11.7. The van der Waals surface area contributed by atoms with E-state index in [1.165, 1.54) is 12.8 Å². The Morgan fingerprint density at radius 2 is 2.16 bits per heavy atom. The molecule has 0 amide bonds. The Balaban J connectivity index is 2.07. The van der Waals surface area contributed by atoms with Gasteiger partial charge in [-0.05, 0) is 44.7 Å². The van der Waals surface area contributed by atoms with Gasteiger partial charge >= 0.3 is 5.97 Å². The van der Waals surface area contributed by atoms with E-state index in [1.807, 2.05) is 0 Å². The number of carbonyl (C=O) groups is 1. The van der Waals surface area contributed by atoms with Crippen LogP contribution in [-0.2, 0) is 13.0 Å². The van der Waals surface area contributed by atoms with E-state index in [4.69, 9.17) is 0 Å². The number of likely N-dealkylation sites (tertiary alicyclic amines) is 1. The summed E-state index contributed by atoms with van der Waals surface area (Å²) in [6.45, 7) is 7.26. The van der Waals surface area contributed by atoms with Crippen molar-refractivity contribution in [1.82, 2.24) is 9.88 Å². The molecule has 0 unspecified atom stereocenters. The van der Waals surface area contributed by atoms with Gasteiger partial charge in [-0.2, -0.15) is 0 Å². The fourth-order valence-electron chi connectivity index (χ4n) is 2.42. The van der Waals surface area contributed by atoms with Crippen molar-refractivity contribution in [3.63, 3.8) is 0 Å². The predicted octanol–water partition coefficient (Wildman–Crippen LogP) is 3.03. The summed E-state index contributed by atoms with van der Waals surface area (Å²) in [5.74, 6) is -0.0914. The molecular weight excluding hydrogens is 260 g/mol. The van der Waals surface area contributed by atoms with E-state index in [0.29, 0.717) is 0 Å². The molecule has 0 atom stereocenters. The van der Waals surface area contributed by atoms with E-state index >= 15 is 0 Å². The van der Waals surface area contributed by atoms with Gasteiger partial charge in [-0.15, -0.1) is 11.3 Å². The highest BCUT2D eigenvalue weighted by Gasteiger charge is 2.21. The van der Waals surface area contributed by atoms with Crippen molar-refractivity contribution in [2.24, 2.45) is 5.92 Å². The first-order chi connectivity index (χ1) is 9.10. The number of hydrogen-bond acceptors (Lipinski definition) is 4. The molecule has 0 bridgehead atoms. The van der Waals surface area contributed by atoms with Crippen LogP contribution in [0.5, 0.6) is 0 Å². The Hall–Kier alpha value is -0.940. The number of rotatable bonds is 5. The summed E-state index contributed by atoms with van der Waals surface area (Å²) in [6, 6.07) is 0. The quantitative estimate of drug-likeness (QED) is 0.902. The number of hydrogen-bond donors (Lipinski definition) is 1. The molecule has 1 aliphatic heterocycles. The number of carboxylic acid groups (broad SMARTS) is 1. The molecule has 2 heterocycles.